The van der Waals surface area contributed by atoms with E-state index in [0.717, 1.165) is 32.4 Å². The van der Waals surface area contributed by atoms with Crippen molar-refractivity contribution in [1.82, 2.24) is 4.90 Å². The van der Waals surface area contributed by atoms with Crippen molar-refractivity contribution in [3.05, 3.63) is 35.9 Å². The lowest BCUT2D eigenvalue weighted by Crippen LogP contribution is -2.28. The number of amides is 1. The van der Waals surface area contributed by atoms with E-state index < -0.39 is 0 Å². The van der Waals surface area contributed by atoms with E-state index in [-0.39, 0.29) is 12.5 Å². The van der Waals surface area contributed by atoms with Gasteiger partial charge in [0.15, 0.2) is 0 Å². The molecule has 2 rings (SSSR count). The molecule has 1 aliphatic heterocycles. The summed E-state index contributed by atoms with van der Waals surface area (Å²) in [5.41, 5.74) is 1.22. The topological polar surface area (TPSA) is 40.5 Å². The summed E-state index contributed by atoms with van der Waals surface area (Å²) in [5.74, 6) is 0.745. The van der Waals surface area contributed by atoms with Gasteiger partial charge in [-0.25, -0.2) is 0 Å². The van der Waals surface area contributed by atoms with Crippen LogP contribution in [0.1, 0.15) is 24.8 Å². The SMILES string of the molecule is O=C(CCc1ccccc1)N1CCC(CCO)C1. The molecule has 1 unspecified atom stereocenters. The van der Waals surface area contributed by atoms with Crippen molar-refractivity contribution < 1.29 is 9.90 Å². The van der Waals surface area contributed by atoms with Crippen LogP contribution in [0.4, 0.5) is 0 Å². The van der Waals surface area contributed by atoms with Gasteiger partial charge in [-0.05, 0) is 30.7 Å². The molecule has 0 aliphatic carbocycles. The van der Waals surface area contributed by atoms with Gasteiger partial charge in [0.2, 0.25) is 5.91 Å². The molecule has 18 heavy (non-hydrogen) atoms. The number of carbonyl (C=O) groups excluding carboxylic acids is 1. The van der Waals surface area contributed by atoms with Crippen molar-refractivity contribution in [2.24, 2.45) is 5.92 Å². The number of aliphatic hydroxyl groups excluding tert-OH is 1. The van der Waals surface area contributed by atoms with Gasteiger partial charge in [-0.15, -0.1) is 0 Å². The molecule has 1 aromatic carbocycles. The van der Waals surface area contributed by atoms with Gasteiger partial charge in [-0.3, -0.25) is 4.79 Å². The molecule has 0 aromatic heterocycles. The fourth-order valence-corrected chi connectivity index (χ4v) is 2.53. The van der Waals surface area contributed by atoms with Gasteiger partial charge in [0, 0.05) is 26.1 Å². The van der Waals surface area contributed by atoms with Gasteiger partial charge in [0.05, 0.1) is 0 Å². The van der Waals surface area contributed by atoms with E-state index in [4.69, 9.17) is 5.11 Å². The van der Waals surface area contributed by atoms with Crippen molar-refractivity contribution in [2.45, 2.75) is 25.7 Å². The minimum atomic E-state index is 0.233. The van der Waals surface area contributed by atoms with Crippen molar-refractivity contribution in [2.75, 3.05) is 19.7 Å². The Balaban J connectivity index is 1.76. The zero-order chi connectivity index (χ0) is 12.8. The molecule has 0 radical (unpaired) electrons. The second kappa shape index (κ2) is 6.55. The maximum absolute atomic E-state index is 12.0. The molecule has 1 atom stereocenters. The Morgan fingerprint density at radius 1 is 1.33 bits per heavy atom. The Morgan fingerprint density at radius 3 is 2.83 bits per heavy atom. The standard InChI is InChI=1S/C15H21NO2/c17-11-9-14-8-10-16(12-14)15(18)7-6-13-4-2-1-3-5-13/h1-5,14,17H,6-12H2. The molecule has 0 bridgehead atoms. The molecule has 1 aromatic rings. The maximum atomic E-state index is 12.0. The molecular weight excluding hydrogens is 226 g/mol. The number of likely N-dealkylation sites (tertiary alicyclic amines) is 1. The fourth-order valence-electron chi connectivity index (χ4n) is 2.53. The van der Waals surface area contributed by atoms with Crippen LogP contribution in [0.5, 0.6) is 0 Å². The number of hydrogen-bond acceptors (Lipinski definition) is 2. The van der Waals surface area contributed by atoms with Crippen molar-refractivity contribution in [3.63, 3.8) is 0 Å². The predicted octanol–water partition coefficient (Wildman–Crippen LogP) is 1.85. The van der Waals surface area contributed by atoms with Crippen molar-refractivity contribution in [3.8, 4) is 0 Å². The van der Waals surface area contributed by atoms with Gasteiger partial charge in [-0.2, -0.15) is 0 Å². The van der Waals surface area contributed by atoms with Gasteiger partial charge < -0.3 is 10.0 Å². The molecule has 0 saturated carbocycles. The van der Waals surface area contributed by atoms with Crippen molar-refractivity contribution in [1.29, 1.82) is 0 Å². The molecule has 3 nitrogen and oxygen atoms in total. The normalized spacial score (nSPS) is 19.2. The van der Waals surface area contributed by atoms with Crippen LogP contribution < -0.4 is 0 Å². The van der Waals surface area contributed by atoms with Crippen LogP contribution in [0.2, 0.25) is 0 Å². The first kappa shape index (κ1) is 13.1. The summed E-state index contributed by atoms with van der Waals surface area (Å²) in [6, 6.07) is 10.1. The molecule has 98 valence electrons. The predicted molar refractivity (Wildman–Crippen MR) is 71.2 cm³/mol. The highest BCUT2D eigenvalue weighted by Gasteiger charge is 2.25. The average Bonchev–Trinajstić information content (AvgIpc) is 2.86. The fraction of sp³-hybridized carbons (Fsp3) is 0.533. The van der Waals surface area contributed by atoms with Gasteiger partial charge in [0.1, 0.15) is 0 Å². The smallest absolute Gasteiger partial charge is 0.222 e. The first-order valence-electron chi connectivity index (χ1n) is 6.72. The van der Waals surface area contributed by atoms with E-state index in [1.54, 1.807) is 0 Å². The highest BCUT2D eigenvalue weighted by atomic mass is 16.3. The van der Waals surface area contributed by atoms with Gasteiger partial charge in [-0.1, -0.05) is 30.3 Å². The molecule has 1 N–H and O–H groups in total. The number of aliphatic hydroxyl groups is 1. The molecule has 1 saturated heterocycles. The van der Waals surface area contributed by atoms with Crippen LogP contribution in [0.25, 0.3) is 0 Å². The quantitative estimate of drug-likeness (QED) is 0.862. The average molecular weight is 247 g/mol. The third kappa shape index (κ3) is 3.57. The van der Waals surface area contributed by atoms with E-state index in [2.05, 4.69) is 12.1 Å². The zero-order valence-corrected chi connectivity index (χ0v) is 10.7. The summed E-state index contributed by atoms with van der Waals surface area (Å²) in [7, 11) is 0. The monoisotopic (exact) mass is 247 g/mol. The van der Waals surface area contributed by atoms with Crippen LogP contribution in [-0.4, -0.2) is 35.6 Å². The lowest BCUT2D eigenvalue weighted by molar-refractivity contribution is -0.130. The molecule has 1 amide bonds. The number of carbonyl (C=O) groups is 1. The Kier molecular flexibility index (Phi) is 4.76. The summed E-state index contributed by atoms with van der Waals surface area (Å²) in [5, 5.41) is 8.90. The van der Waals surface area contributed by atoms with Crippen LogP contribution >= 0.6 is 0 Å². The summed E-state index contributed by atoms with van der Waals surface area (Å²) >= 11 is 0. The van der Waals surface area contributed by atoms with E-state index in [1.807, 2.05) is 23.1 Å². The third-order valence-corrected chi connectivity index (χ3v) is 3.65. The molecule has 1 aliphatic rings. The number of hydrogen-bond donors (Lipinski definition) is 1. The molecule has 3 heteroatoms. The lowest BCUT2D eigenvalue weighted by atomic mass is 10.1. The van der Waals surface area contributed by atoms with Crippen LogP contribution in [0.15, 0.2) is 30.3 Å². The Bertz CT molecular complexity index is 377. The van der Waals surface area contributed by atoms with Gasteiger partial charge in [0.25, 0.3) is 0 Å². The Morgan fingerprint density at radius 2 is 2.11 bits per heavy atom. The second-order valence-electron chi connectivity index (χ2n) is 4.99. The number of rotatable bonds is 5. The van der Waals surface area contributed by atoms with Gasteiger partial charge >= 0.3 is 0 Å². The summed E-state index contributed by atoms with van der Waals surface area (Å²) in [6.07, 6.45) is 3.27. The first-order chi connectivity index (χ1) is 8.79. The summed E-state index contributed by atoms with van der Waals surface area (Å²) < 4.78 is 0. The zero-order valence-electron chi connectivity index (χ0n) is 10.7. The Hall–Kier alpha value is -1.35. The van der Waals surface area contributed by atoms with Crippen LogP contribution in [0, 0.1) is 5.92 Å². The van der Waals surface area contributed by atoms with E-state index in [9.17, 15) is 4.79 Å². The van der Waals surface area contributed by atoms with E-state index in [1.165, 1.54) is 5.56 Å². The highest BCUT2D eigenvalue weighted by molar-refractivity contribution is 5.76. The van der Waals surface area contributed by atoms with E-state index >= 15 is 0 Å². The first-order valence-corrected chi connectivity index (χ1v) is 6.72. The molecule has 1 fully saturated rings. The number of aryl methyl sites for hydroxylation is 1. The van der Waals surface area contributed by atoms with Crippen molar-refractivity contribution >= 4 is 5.91 Å². The van der Waals surface area contributed by atoms with Crippen LogP contribution in [0.3, 0.4) is 0 Å². The molecular formula is C15H21NO2. The molecule has 1 heterocycles. The number of nitrogens with zero attached hydrogens (tertiary/aromatic N) is 1. The van der Waals surface area contributed by atoms with Crippen LogP contribution in [-0.2, 0) is 11.2 Å². The third-order valence-electron chi connectivity index (χ3n) is 3.65. The lowest BCUT2D eigenvalue weighted by Gasteiger charge is -2.16. The summed E-state index contributed by atoms with van der Waals surface area (Å²) in [4.78, 5) is 14.0. The largest absolute Gasteiger partial charge is 0.396 e. The molecule has 0 spiro atoms. The summed E-state index contributed by atoms with van der Waals surface area (Å²) in [6.45, 7) is 1.92. The number of benzene rings is 1. The van der Waals surface area contributed by atoms with E-state index in [0.29, 0.717) is 12.3 Å². The highest BCUT2D eigenvalue weighted by Crippen LogP contribution is 2.20. The Labute approximate surface area is 108 Å². The maximum Gasteiger partial charge on any atom is 0.222 e. The minimum absolute atomic E-state index is 0.233. The second-order valence-corrected chi connectivity index (χ2v) is 4.99. The minimum Gasteiger partial charge on any atom is -0.396 e.